The zero-order chi connectivity index (χ0) is 9.78. The summed E-state index contributed by atoms with van der Waals surface area (Å²) in [6, 6.07) is -0.657. The van der Waals surface area contributed by atoms with E-state index in [4.69, 9.17) is 5.11 Å². The molecule has 0 bridgehead atoms. The summed E-state index contributed by atoms with van der Waals surface area (Å²) in [7, 11) is 0. The summed E-state index contributed by atoms with van der Waals surface area (Å²) < 4.78 is 0. The number of hydrogen-bond acceptors (Lipinski definition) is 3. The Morgan fingerprint density at radius 2 is 2.08 bits per heavy atom. The first-order valence-electron chi connectivity index (χ1n) is 4.05. The number of hydrogen-bond donors (Lipinski definition) is 3. The maximum Gasteiger partial charge on any atom is 0.320 e. The van der Waals surface area contributed by atoms with E-state index in [1.807, 2.05) is 6.92 Å². The second kappa shape index (κ2) is 4.42. The third-order valence-corrected chi connectivity index (χ3v) is 1.45. The van der Waals surface area contributed by atoms with E-state index in [9.17, 15) is 9.90 Å². The molecule has 3 N–H and O–H groups in total. The Hall–Kier alpha value is -0.610. The molecule has 0 fully saturated rings. The van der Waals surface area contributed by atoms with E-state index in [2.05, 4.69) is 5.32 Å². The van der Waals surface area contributed by atoms with Gasteiger partial charge in [0.05, 0.1) is 5.60 Å². The second-order valence-electron chi connectivity index (χ2n) is 3.47. The lowest BCUT2D eigenvalue weighted by Gasteiger charge is -2.22. The van der Waals surface area contributed by atoms with E-state index in [1.165, 1.54) is 0 Å². The van der Waals surface area contributed by atoms with Crippen LogP contribution in [0.15, 0.2) is 0 Å². The van der Waals surface area contributed by atoms with Crippen molar-refractivity contribution in [2.75, 3.05) is 6.54 Å². The molecular weight excluding hydrogens is 158 g/mol. The highest BCUT2D eigenvalue weighted by Gasteiger charge is 2.24. The molecule has 0 saturated heterocycles. The monoisotopic (exact) mass is 175 g/mol. The molecular formula is C8H17NO3. The van der Waals surface area contributed by atoms with Crippen molar-refractivity contribution < 1.29 is 15.0 Å². The quantitative estimate of drug-likeness (QED) is 0.558. The SMILES string of the molecule is CCNC(CC(C)(C)O)C(=O)O. The highest BCUT2D eigenvalue weighted by molar-refractivity contribution is 5.73. The van der Waals surface area contributed by atoms with Gasteiger partial charge in [0, 0.05) is 6.42 Å². The Labute approximate surface area is 72.6 Å². The molecule has 0 spiro atoms. The number of carboxylic acids is 1. The Kier molecular flexibility index (Phi) is 4.20. The fourth-order valence-corrected chi connectivity index (χ4v) is 0.993. The molecule has 0 aromatic rings. The van der Waals surface area contributed by atoms with Crippen LogP contribution in [0.4, 0.5) is 0 Å². The van der Waals surface area contributed by atoms with Gasteiger partial charge >= 0.3 is 5.97 Å². The lowest BCUT2D eigenvalue weighted by atomic mass is 9.99. The standard InChI is InChI=1S/C8H17NO3/c1-4-9-6(7(10)11)5-8(2,3)12/h6,9,12H,4-5H2,1-3H3,(H,10,11). The summed E-state index contributed by atoms with van der Waals surface area (Å²) in [6.45, 7) is 5.62. The molecule has 0 amide bonds. The average molecular weight is 175 g/mol. The van der Waals surface area contributed by atoms with Gasteiger partial charge in [-0.1, -0.05) is 6.92 Å². The molecule has 0 aliphatic heterocycles. The summed E-state index contributed by atoms with van der Waals surface area (Å²) in [4.78, 5) is 10.6. The summed E-state index contributed by atoms with van der Waals surface area (Å²) in [5.74, 6) is -0.918. The number of likely N-dealkylation sites (N-methyl/N-ethyl adjacent to an activating group) is 1. The molecule has 4 heteroatoms. The van der Waals surface area contributed by atoms with Gasteiger partial charge in [0.2, 0.25) is 0 Å². The largest absolute Gasteiger partial charge is 0.480 e. The number of nitrogens with one attached hydrogen (secondary N) is 1. The average Bonchev–Trinajstić information content (AvgIpc) is 1.83. The van der Waals surface area contributed by atoms with Crippen LogP contribution in [-0.4, -0.2) is 34.4 Å². The van der Waals surface area contributed by atoms with Crippen molar-refractivity contribution >= 4 is 5.97 Å². The number of rotatable bonds is 5. The number of aliphatic carboxylic acids is 1. The van der Waals surface area contributed by atoms with Crippen LogP contribution in [0.3, 0.4) is 0 Å². The molecule has 0 aromatic heterocycles. The van der Waals surface area contributed by atoms with Crippen LogP contribution in [0.2, 0.25) is 0 Å². The van der Waals surface area contributed by atoms with E-state index in [-0.39, 0.29) is 6.42 Å². The maximum atomic E-state index is 10.6. The third kappa shape index (κ3) is 5.09. The first kappa shape index (κ1) is 11.4. The molecule has 1 unspecified atom stereocenters. The normalized spacial score (nSPS) is 14.3. The summed E-state index contributed by atoms with van der Waals surface area (Å²) in [5, 5.41) is 20.8. The molecule has 12 heavy (non-hydrogen) atoms. The van der Waals surface area contributed by atoms with Crippen molar-refractivity contribution in [3.8, 4) is 0 Å². The van der Waals surface area contributed by atoms with Gasteiger partial charge in [-0.3, -0.25) is 4.79 Å². The van der Waals surface area contributed by atoms with E-state index in [0.29, 0.717) is 6.54 Å². The number of carboxylic acid groups (broad SMARTS) is 1. The Balaban J connectivity index is 4.05. The van der Waals surface area contributed by atoms with Gasteiger partial charge in [-0.25, -0.2) is 0 Å². The maximum absolute atomic E-state index is 10.6. The summed E-state index contributed by atoms with van der Waals surface area (Å²) in [6.07, 6.45) is 0.218. The van der Waals surface area contributed by atoms with Crippen LogP contribution in [0.25, 0.3) is 0 Å². The van der Waals surface area contributed by atoms with Crippen LogP contribution in [0.5, 0.6) is 0 Å². The topological polar surface area (TPSA) is 69.6 Å². The first-order chi connectivity index (χ1) is 5.37. The van der Waals surface area contributed by atoms with Crippen molar-refractivity contribution in [2.45, 2.75) is 38.8 Å². The molecule has 0 saturated carbocycles. The summed E-state index contributed by atoms with van der Waals surface area (Å²) in [5.41, 5.74) is -0.939. The molecule has 4 nitrogen and oxygen atoms in total. The van der Waals surface area contributed by atoms with Crippen LogP contribution < -0.4 is 5.32 Å². The van der Waals surface area contributed by atoms with Crippen molar-refractivity contribution in [2.24, 2.45) is 0 Å². The molecule has 0 aliphatic rings. The Morgan fingerprint density at radius 3 is 2.33 bits per heavy atom. The molecule has 0 aromatic carbocycles. The first-order valence-corrected chi connectivity index (χ1v) is 4.05. The van der Waals surface area contributed by atoms with Crippen LogP contribution in [0, 0.1) is 0 Å². The van der Waals surface area contributed by atoms with Crippen molar-refractivity contribution in [1.82, 2.24) is 5.32 Å². The lowest BCUT2D eigenvalue weighted by Crippen LogP contribution is -2.42. The zero-order valence-corrected chi connectivity index (χ0v) is 7.79. The fourth-order valence-electron chi connectivity index (χ4n) is 0.993. The van der Waals surface area contributed by atoms with Gasteiger partial charge in [0.1, 0.15) is 6.04 Å². The number of aliphatic hydroxyl groups is 1. The van der Waals surface area contributed by atoms with Crippen molar-refractivity contribution in [1.29, 1.82) is 0 Å². The fraction of sp³-hybridized carbons (Fsp3) is 0.875. The third-order valence-electron chi connectivity index (χ3n) is 1.45. The Morgan fingerprint density at radius 1 is 1.58 bits per heavy atom. The summed E-state index contributed by atoms with van der Waals surface area (Å²) >= 11 is 0. The molecule has 1 atom stereocenters. The van der Waals surface area contributed by atoms with Gasteiger partial charge in [-0.15, -0.1) is 0 Å². The Bertz CT molecular complexity index is 151. The van der Waals surface area contributed by atoms with Crippen LogP contribution in [0.1, 0.15) is 27.2 Å². The number of carbonyl (C=O) groups is 1. The van der Waals surface area contributed by atoms with E-state index in [1.54, 1.807) is 13.8 Å². The minimum Gasteiger partial charge on any atom is -0.480 e. The molecule has 0 rings (SSSR count). The second-order valence-corrected chi connectivity index (χ2v) is 3.47. The van der Waals surface area contributed by atoms with Gasteiger partial charge in [-0.2, -0.15) is 0 Å². The van der Waals surface area contributed by atoms with Gasteiger partial charge in [0.25, 0.3) is 0 Å². The van der Waals surface area contributed by atoms with Gasteiger partial charge in [-0.05, 0) is 20.4 Å². The highest BCUT2D eigenvalue weighted by atomic mass is 16.4. The minimum absolute atomic E-state index is 0.218. The minimum atomic E-state index is -0.939. The molecule has 0 heterocycles. The smallest absolute Gasteiger partial charge is 0.320 e. The zero-order valence-electron chi connectivity index (χ0n) is 7.79. The molecule has 72 valence electrons. The van der Waals surface area contributed by atoms with Crippen LogP contribution >= 0.6 is 0 Å². The van der Waals surface area contributed by atoms with Crippen molar-refractivity contribution in [3.05, 3.63) is 0 Å². The lowest BCUT2D eigenvalue weighted by molar-refractivity contribution is -0.141. The predicted molar refractivity (Wildman–Crippen MR) is 46.0 cm³/mol. The van der Waals surface area contributed by atoms with E-state index >= 15 is 0 Å². The predicted octanol–water partition coefficient (Wildman–Crippen LogP) is 0.210. The highest BCUT2D eigenvalue weighted by Crippen LogP contribution is 2.10. The molecule has 0 aliphatic carbocycles. The van der Waals surface area contributed by atoms with E-state index < -0.39 is 17.6 Å². The van der Waals surface area contributed by atoms with Gasteiger partial charge in [0.15, 0.2) is 0 Å². The van der Waals surface area contributed by atoms with Crippen molar-refractivity contribution in [3.63, 3.8) is 0 Å². The van der Waals surface area contributed by atoms with E-state index in [0.717, 1.165) is 0 Å². The van der Waals surface area contributed by atoms with Crippen LogP contribution in [-0.2, 0) is 4.79 Å². The van der Waals surface area contributed by atoms with Gasteiger partial charge < -0.3 is 15.5 Å². The molecule has 0 radical (unpaired) electrons.